The van der Waals surface area contributed by atoms with Gasteiger partial charge in [0.15, 0.2) is 23.9 Å². The fourth-order valence-electron chi connectivity index (χ4n) is 3.60. The minimum atomic E-state index is -0.594. The van der Waals surface area contributed by atoms with Gasteiger partial charge in [-0.05, 0) is 49.4 Å². The van der Waals surface area contributed by atoms with Crippen LogP contribution in [0.25, 0.3) is 22.2 Å². The van der Waals surface area contributed by atoms with E-state index in [1.165, 1.54) is 0 Å². The van der Waals surface area contributed by atoms with Gasteiger partial charge in [0, 0.05) is 21.0 Å². The van der Waals surface area contributed by atoms with Crippen LogP contribution >= 0.6 is 15.9 Å². The van der Waals surface area contributed by atoms with Crippen molar-refractivity contribution < 1.29 is 23.8 Å². The molecule has 164 valence electrons. The molecule has 0 spiro atoms. The smallest absolute Gasteiger partial charge is 0.339 e. The van der Waals surface area contributed by atoms with Gasteiger partial charge in [0.1, 0.15) is 0 Å². The number of ether oxygens (including phenoxy) is 3. The summed E-state index contributed by atoms with van der Waals surface area (Å²) < 4.78 is 17.1. The van der Waals surface area contributed by atoms with Crippen molar-refractivity contribution in [2.24, 2.45) is 0 Å². The van der Waals surface area contributed by atoms with E-state index in [1.807, 2.05) is 55.5 Å². The van der Waals surface area contributed by atoms with Gasteiger partial charge in [0.2, 0.25) is 6.79 Å². The Morgan fingerprint density at radius 1 is 0.970 bits per heavy atom. The molecule has 1 aliphatic heterocycles. The molecule has 1 aliphatic rings. The summed E-state index contributed by atoms with van der Waals surface area (Å²) in [6, 6.07) is 19.8. The van der Waals surface area contributed by atoms with Crippen molar-refractivity contribution >= 4 is 38.6 Å². The van der Waals surface area contributed by atoms with Crippen LogP contribution in [0.2, 0.25) is 0 Å². The number of Topliss-reactive ketones (excluding diaryl/α,β-unsaturated/α-hetero) is 1. The average molecular weight is 504 g/mol. The molecule has 0 saturated heterocycles. The summed E-state index contributed by atoms with van der Waals surface area (Å²) in [5, 5.41) is 0.627. The van der Waals surface area contributed by atoms with Gasteiger partial charge in [-0.3, -0.25) is 4.79 Å². The summed E-state index contributed by atoms with van der Waals surface area (Å²) in [7, 11) is 0. The molecule has 0 N–H and O–H groups in total. The number of aromatic nitrogens is 1. The standard InChI is InChI=1S/C26H18BrNO5/c1-15-2-4-16(5-3-15)23(29)13-31-26(30)20-12-22(28-21-8-7-18(27)11-19(20)21)17-6-9-24-25(10-17)33-14-32-24/h2-12H,13-14H2,1H3. The lowest BCUT2D eigenvalue weighted by atomic mass is 10.0. The van der Waals surface area contributed by atoms with Crippen LogP contribution in [-0.4, -0.2) is 30.1 Å². The van der Waals surface area contributed by atoms with Crippen molar-refractivity contribution in [3.63, 3.8) is 0 Å². The van der Waals surface area contributed by atoms with Gasteiger partial charge in [-0.2, -0.15) is 0 Å². The molecule has 5 rings (SSSR count). The molecule has 33 heavy (non-hydrogen) atoms. The minimum absolute atomic E-state index is 0.171. The molecule has 0 fully saturated rings. The highest BCUT2D eigenvalue weighted by Gasteiger charge is 2.19. The zero-order valence-electron chi connectivity index (χ0n) is 17.6. The molecule has 0 saturated carbocycles. The fraction of sp³-hybridized carbons (Fsp3) is 0.115. The van der Waals surface area contributed by atoms with Crippen LogP contribution in [0.5, 0.6) is 11.5 Å². The van der Waals surface area contributed by atoms with Crippen LogP contribution in [0.4, 0.5) is 0 Å². The number of carbonyl (C=O) groups is 2. The minimum Gasteiger partial charge on any atom is -0.454 e. The lowest BCUT2D eigenvalue weighted by Gasteiger charge is -2.11. The van der Waals surface area contributed by atoms with Crippen LogP contribution in [0.1, 0.15) is 26.3 Å². The van der Waals surface area contributed by atoms with Crippen molar-refractivity contribution in [2.75, 3.05) is 13.4 Å². The summed E-state index contributed by atoms with van der Waals surface area (Å²) in [5.74, 6) is 0.428. The van der Waals surface area contributed by atoms with Crippen LogP contribution < -0.4 is 9.47 Å². The molecule has 2 heterocycles. The van der Waals surface area contributed by atoms with E-state index in [-0.39, 0.29) is 19.2 Å². The number of aryl methyl sites for hydroxylation is 1. The van der Waals surface area contributed by atoms with Crippen molar-refractivity contribution in [1.29, 1.82) is 0 Å². The number of benzene rings is 3. The van der Waals surface area contributed by atoms with E-state index in [4.69, 9.17) is 19.2 Å². The number of halogens is 1. The third-order valence-electron chi connectivity index (χ3n) is 5.37. The molecule has 0 amide bonds. The second-order valence-electron chi connectivity index (χ2n) is 7.65. The number of hydrogen-bond acceptors (Lipinski definition) is 6. The normalized spacial score (nSPS) is 12.1. The Labute approximate surface area is 198 Å². The van der Waals surface area contributed by atoms with E-state index in [0.29, 0.717) is 39.2 Å². The van der Waals surface area contributed by atoms with E-state index in [2.05, 4.69) is 15.9 Å². The Hall–Kier alpha value is -3.71. The van der Waals surface area contributed by atoms with Gasteiger partial charge in [-0.1, -0.05) is 45.8 Å². The molecule has 1 aromatic heterocycles. The first-order valence-electron chi connectivity index (χ1n) is 10.3. The molecule has 0 aliphatic carbocycles. The largest absolute Gasteiger partial charge is 0.454 e. The number of esters is 1. The second kappa shape index (κ2) is 8.67. The number of rotatable bonds is 5. The van der Waals surface area contributed by atoms with E-state index in [1.54, 1.807) is 18.2 Å². The number of ketones is 1. The van der Waals surface area contributed by atoms with E-state index in [0.717, 1.165) is 15.6 Å². The van der Waals surface area contributed by atoms with Gasteiger partial charge in [-0.15, -0.1) is 0 Å². The van der Waals surface area contributed by atoms with Gasteiger partial charge < -0.3 is 14.2 Å². The summed E-state index contributed by atoms with van der Waals surface area (Å²) in [5.41, 5.74) is 3.86. The zero-order chi connectivity index (χ0) is 22.9. The Balaban J connectivity index is 1.48. The molecule has 0 unspecified atom stereocenters. The van der Waals surface area contributed by atoms with Gasteiger partial charge in [0.05, 0.1) is 16.8 Å². The monoisotopic (exact) mass is 503 g/mol. The predicted octanol–water partition coefficient (Wildman–Crippen LogP) is 5.74. The quantitative estimate of drug-likeness (QED) is 0.255. The Kier molecular flexibility index (Phi) is 5.56. The van der Waals surface area contributed by atoms with Crippen molar-refractivity contribution in [2.45, 2.75) is 6.92 Å². The van der Waals surface area contributed by atoms with Crippen molar-refractivity contribution in [3.05, 3.63) is 87.9 Å². The summed E-state index contributed by atoms with van der Waals surface area (Å²) in [6.07, 6.45) is 0. The Morgan fingerprint density at radius 2 is 1.76 bits per heavy atom. The third-order valence-corrected chi connectivity index (χ3v) is 5.86. The molecule has 7 heteroatoms. The fourth-order valence-corrected chi connectivity index (χ4v) is 3.96. The van der Waals surface area contributed by atoms with Crippen LogP contribution in [-0.2, 0) is 4.74 Å². The van der Waals surface area contributed by atoms with Crippen LogP contribution in [0.15, 0.2) is 71.2 Å². The maximum Gasteiger partial charge on any atom is 0.339 e. The number of pyridine rings is 1. The molecular formula is C26H18BrNO5. The molecule has 0 atom stereocenters. The lowest BCUT2D eigenvalue weighted by molar-refractivity contribution is 0.0476. The van der Waals surface area contributed by atoms with Crippen molar-refractivity contribution in [1.82, 2.24) is 4.98 Å². The van der Waals surface area contributed by atoms with Crippen LogP contribution in [0, 0.1) is 6.92 Å². The van der Waals surface area contributed by atoms with E-state index >= 15 is 0 Å². The van der Waals surface area contributed by atoms with Crippen molar-refractivity contribution in [3.8, 4) is 22.8 Å². The Bertz CT molecular complexity index is 1400. The number of carbonyl (C=O) groups excluding carboxylic acids is 2. The van der Waals surface area contributed by atoms with E-state index < -0.39 is 5.97 Å². The van der Waals surface area contributed by atoms with E-state index in [9.17, 15) is 9.59 Å². The van der Waals surface area contributed by atoms with Gasteiger partial charge in [0.25, 0.3) is 0 Å². The highest BCUT2D eigenvalue weighted by molar-refractivity contribution is 9.10. The average Bonchev–Trinajstić information content (AvgIpc) is 3.30. The molecule has 0 bridgehead atoms. The number of fused-ring (bicyclic) bond motifs is 2. The Morgan fingerprint density at radius 3 is 2.58 bits per heavy atom. The molecule has 0 radical (unpaired) electrons. The molecule has 3 aromatic carbocycles. The second-order valence-corrected chi connectivity index (χ2v) is 8.57. The first kappa shape index (κ1) is 21.2. The highest BCUT2D eigenvalue weighted by atomic mass is 79.9. The predicted molar refractivity (Wildman–Crippen MR) is 127 cm³/mol. The molecular weight excluding hydrogens is 486 g/mol. The zero-order valence-corrected chi connectivity index (χ0v) is 19.2. The molecule has 4 aromatic rings. The summed E-state index contributed by atoms with van der Waals surface area (Å²) >= 11 is 3.45. The SMILES string of the molecule is Cc1ccc(C(=O)COC(=O)c2cc(-c3ccc4c(c3)OCO4)nc3ccc(Br)cc23)cc1. The third kappa shape index (κ3) is 4.32. The maximum atomic E-state index is 13.1. The summed E-state index contributed by atoms with van der Waals surface area (Å²) in [4.78, 5) is 30.3. The van der Waals surface area contributed by atoms with Crippen LogP contribution in [0.3, 0.4) is 0 Å². The van der Waals surface area contributed by atoms with Gasteiger partial charge >= 0.3 is 5.97 Å². The topological polar surface area (TPSA) is 74.7 Å². The number of nitrogens with zero attached hydrogens (tertiary/aromatic N) is 1. The summed E-state index contributed by atoms with van der Waals surface area (Å²) in [6.45, 7) is 1.77. The number of hydrogen-bond donors (Lipinski definition) is 0. The first-order valence-corrected chi connectivity index (χ1v) is 11.0. The van der Waals surface area contributed by atoms with Gasteiger partial charge in [-0.25, -0.2) is 9.78 Å². The lowest BCUT2D eigenvalue weighted by Crippen LogP contribution is -2.15. The first-order chi connectivity index (χ1) is 16.0. The highest BCUT2D eigenvalue weighted by Crippen LogP contribution is 2.36. The molecule has 6 nitrogen and oxygen atoms in total. The maximum absolute atomic E-state index is 13.1.